The molecule has 0 bridgehead atoms. The van der Waals surface area contributed by atoms with Crippen LogP contribution in [0.3, 0.4) is 0 Å². The lowest BCUT2D eigenvalue weighted by atomic mass is 10.2. The summed E-state index contributed by atoms with van der Waals surface area (Å²) in [6.07, 6.45) is 1.46. The quantitative estimate of drug-likeness (QED) is 0.374. The molecule has 2 aromatic rings. The molecule has 2 rings (SSSR count). The van der Waals surface area contributed by atoms with Crippen LogP contribution in [-0.4, -0.2) is 16.3 Å². The number of non-ortho nitro benzene ring substituents is 1. The van der Waals surface area contributed by atoms with Crippen molar-refractivity contribution in [1.82, 2.24) is 5.43 Å². The number of benzene rings is 2. The fraction of sp³-hybridized carbons (Fsp3) is 0.0667. The number of aryl methyl sites for hydroxylation is 1. The molecule has 0 heterocycles. The lowest BCUT2D eigenvalue weighted by Crippen LogP contribution is -2.24. The Bertz CT molecular complexity index is 761. The van der Waals surface area contributed by atoms with Crippen molar-refractivity contribution in [3.63, 3.8) is 0 Å². The summed E-state index contributed by atoms with van der Waals surface area (Å²) in [6, 6.07) is 12.6. The molecule has 0 aliphatic carbocycles. The van der Waals surface area contributed by atoms with Gasteiger partial charge in [0, 0.05) is 27.5 Å². The normalized spacial score (nSPS) is 10.7. The molecule has 0 saturated carbocycles. The molecule has 0 aromatic heterocycles. The van der Waals surface area contributed by atoms with Gasteiger partial charge in [0.1, 0.15) is 0 Å². The van der Waals surface area contributed by atoms with Crippen molar-refractivity contribution in [2.75, 3.05) is 0 Å². The Morgan fingerprint density at radius 3 is 2.65 bits per heavy atom. The summed E-state index contributed by atoms with van der Waals surface area (Å²) < 4.78 is 0. The van der Waals surface area contributed by atoms with Crippen LogP contribution in [0.25, 0.3) is 0 Å². The van der Waals surface area contributed by atoms with Crippen molar-refractivity contribution in [2.24, 2.45) is 10.8 Å². The number of hydrogen-bond donors (Lipinski definition) is 2. The molecule has 0 unspecified atom stereocenters. The molecular formula is C15H14N4O2S2. The van der Waals surface area contributed by atoms with E-state index >= 15 is 0 Å². The lowest BCUT2D eigenvalue weighted by Gasteiger charge is -2.06. The first kappa shape index (κ1) is 16.9. The number of hydrazone groups is 1. The predicted molar refractivity (Wildman–Crippen MR) is 95.9 cm³/mol. The highest BCUT2D eigenvalue weighted by Crippen LogP contribution is 2.32. The van der Waals surface area contributed by atoms with Gasteiger partial charge < -0.3 is 5.73 Å². The molecule has 23 heavy (non-hydrogen) atoms. The topological polar surface area (TPSA) is 93.5 Å². The second kappa shape index (κ2) is 7.70. The zero-order valence-electron chi connectivity index (χ0n) is 12.2. The van der Waals surface area contributed by atoms with E-state index in [4.69, 9.17) is 5.73 Å². The van der Waals surface area contributed by atoms with Crippen LogP contribution in [0.15, 0.2) is 57.4 Å². The molecule has 0 radical (unpaired) electrons. The standard InChI is InChI=1S/C15H14N4O2S2/c1-10-2-5-13(6-3-10)23-14-7-4-12(19(20)21)8-11(14)9-17-18-15(16)22/h2-9H,1H3,(H3,16,18,22). The van der Waals surface area contributed by atoms with Crippen LogP contribution in [0.4, 0.5) is 5.69 Å². The minimum absolute atomic E-state index is 0.00460. The van der Waals surface area contributed by atoms with E-state index in [2.05, 4.69) is 22.7 Å². The second-order valence-electron chi connectivity index (χ2n) is 4.63. The summed E-state index contributed by atoms with van der Waals surface area (Å²) >= 11 is 6.16. The Balaban J connectivity index is 2.32. The van der Waals surface area contributed by atoms with E-state index in [-0.39, 0.29) is 10.8 Å². The highest BCUT2D eigenvalue weighted by atomic mass is 32.2. The van der Waals surface area contributed by atoms with Crippen LogP contribution in [-0.2, 0) is 0 Å². The Kier molecular flexibility index (Phi) is 5.67. The van der Waals surface area contributed by atoms with E-state index in [9.17, 15) is 10.1 Å². The van der Waals surface area contributed by atoms with Crippen molar-refractivity contribution >= 4 is 41.0 Å². The molecule has 0 atom stereocenters. The van der Waals surface area contributed by atoms with Gasteiger partial charge in [0.05, 0.1) is 11.1 Å². The number of nitrogens with zero attached hydrogens (tertiary/aromatic N) is 2. The third-order valence-corrected chi connectivity index (χ3v) is 4.02. The van der Waals surface area contributed by atoms with Gasteiger partial charge in [0.15, 0.2) is 5.11 Å². The zero-order chi connectivity index (χ0) is 16.8. The SMILES string of the molecule is Cc1ccc(Sc2ccc([N+](=O)[O-])cc2C=NNC(N)=S)cc1. The highest BCUT2D eigenvalue weighted by molar-refractivity contribution is 7.99. The van der Waals surface area contributed by atoms with E-state index < -0.39 is 4.92 Å². The number of nitro benzene ring substituents is 1. The summed E-state index contributed by atoms with van der Waals surface area (Å²) in [5.41, 5.74) is 9.51. The summed E-state index contributed by atoms with van der Waals surface area (Å²) in [7, 11) is 0. The van der Waals surface area contributed by atoms with Crippen LogP contribution >= 0.6 is 24.0 Å². The van der Waals surface area contributed by atoms with Crippen LogP contribution in [0.2, 0.25) is 0 Å². The Morgan fingerprint density at radius 2 is 2.04 bits per heavy atom. The Labute approximate surface area is 142 Å². The first-order valence-corrected chi connectivity index (χ1v) is 7.79. The van der Waals surface area contributed by atoms with Gasteiger partial charge in [-0.2, -0.15) is 5.10 Å². The van der Waals surface area contributed by atoms with E-state index in [1.54, 1.807) is 6.07 Å². The minimum Gasteiger partial charge on any atom is -0.375 e. The molecule has 8 heteroatoms. The van der Waals surface area contributed by atoms with Gasteiger partial charge in [-0.15, -0.1) is 0 Å². The highest BCUT2D eigenvalue weighted by Gasteiger charge is 2.11. The van der Waals surface area contributed by atoms with Crippen LogP contribution < -0.4 is 11.2 Å². The van der Waals surface area contributed by atoms with Gasteiger partial charge in [-0.1, -0.05) is 29.5 Å². The molecule has 0 saturated heterocycles. The van der Waals surface area contributed by atoms with E-state index in [1.165, 1.54) is 35.7 Å². The molecule has 0 fully saturated rings. The average molecular weight is 346 g/mol. The molecule has 3 N–H and O–H groups in total. The van der Waals surface area contributed by atoms with E-state index in [0.29, 0.717) is 5.56 Å². The average Bonchev–Trinajstić information content (AvgIpc) is 2.50. The molecule has 118 valence electrons. The minimum atomic E-state index is -0.446. The monoisotopic (exact) mass is 346 g/mol. The first-order valence-electron chi connectivity index (χ1n) is 6.57. The Morgan fingerprint density at radius 1 is 1.35 bits per heavy atom. The second-order valence-corrected chi connectivity index (χ2v) is 6.18. The first-order chi connectivity index (χ1) is 11.0. The number of thiocarbonyl (C=S) groups is 1. The molecule has 0 aliphatic rings. The molecule has 0 spiro atoms. The van der Waals surface area contributed by atoms with Crippen molar-refractivity contribution in [3.8, 4) is 0 Å². The van der Waals surface area contributed by atoms with E-state index in [1.807, 2.05) is 31.2 Å². The van der Waals surface area contributed by atoms with E-state index in [0.717, 1.165) is 9.79 Å². The summed E-state index contributed by atoms with van der Waals surface area (Å²) in [4.78, 5) is 12.4. The van der Waals surface area contributed by atoms with Gasteiger partial charge >= 0.3 is 0 Å². The maximum absolute atomic E-state index is 10.9. The molecular weight excluding hydrogens is 332 g/mol. The fourth-order valence-electron chi connectivity index (χ4n) is 1.74. The Hall–Kier alpha value is -2.45. The van der Waals surface area contributed by atoms with Gasteiger partial charge in [0.25, 0.3) is 5.69 Å². The lowest BCUT2D eigenvalue weighted by molar-refractivity contribution is -0.384. The van der Waals surface area contributed by atoms with Crippen molar-refractivity contribution in [2.45, 2.75) is 16.7 Å². The number of nitrogens with two attached hydrogens (primary N) is 1. The molecule has 6 nitrogen and oxygen atoms in total. The van der Waals surface area contributed by atoms with Crippen molar-refractivity contribution in [1.29, 1.82) is 0 Å². The predicted octanol–water partition coefficient (Wildman–Crippen LogP) is 3.22. The van der Waals surface area contributed by atoms with Gasteiger partial charge in [-0.3, -0.25) is 15.5 Å². The van der Waals surface area contributed by atoms with Crippen molar-refractivity contribution in [3.05, 3.63) is 63.7 Å². The third kappa shape index (κ3) is 5.04. The van der Waals surface area contributed by atoms with Crippen molar-refractivity contribution < 1.29 is 4.92 Å². The molecule has 0 amide bonds. The number of hydrogen-bond acceptors (Lipinski definition) is 5. The maximum Gasteiger partial charge on any atom is 0.270 e. The number of rotatable bonds is 5. The zero-order valence-corrected chi connectivity index (χ0v) is 13.9. The van der Waals surface area contributed by atoms with Crippen LogP contribution in [0.5, 0.6) is 0 Å². The summed E-state index contributed by atoms with van der Waals surface area (Å²) in [5.74, 6) is 0. The van der Waals surface area contributed by atoms with Crippen LogP contribution in [0.1, 0.15) is 11.1 Å². The smallest absolute Gasteiger partial charge is 0.270 e. The number of nitrogens with one attached hydrogen (secondary N) is 1. The summed E-state index contributed by atoms with van der Waals surface area (Å²) in [5, 5.41) is 14.8. The summed E-state index contributed by atoms with van der Waals surface area (Å²) in [6.45, 7) is 2.01. The van der Waals surface area contributed by atoms with Gasteiger partial charge in [0.2, 0.25) is 0 Å². The molecule has 0 aliphatic heterocycles. The molecule has 2 aromatic carbocycles. The largest absolute Gasteiger partial charge is 0.375 e. The van der Waals surface area contributed by atoms with Gasteiger partial charge in [-0.25, -0.2) is 0 Å². The van der Waals surface area contributed by atoms with Crippen LogP contribution in [0, 0.1) is 17.0 Å². The number of nitro groups is 1. The maximum atomic E-state index is 10.9. The third-order valence-electron chi connectivity index (χ3n) is 2.83. The van der Waals surface area contributed by atoms with Gasteiger partial charge in [-0.05, 0) is 37.3 Å². The fourth-order valence-corrected chi connectivity index (χ4v) is 2.69.